The Balaban J connectivity index is 0.806. The number of carbonyl (C=O) groups excluding carboxylic acids is 6. The molecule has 2 aromatic heterocycles. The van der Waals surface area contributed by atoms with Crippen LogP contribution in [-0.4, -0.2) is 164 Å². The van der Waals surface area contributed by atoms with Crippen LogP contribution in [0, 0.1) is 0 Å². The highest BCUT2D eigenvalue weighted by Crippen LogP contribution is 2.34. The minimum atomic E-state index is -0.697. The average Bonchev–Trinajstić information content (AvgIpc) is 4.30. The molecule has 22 nitrogen and oxygen atoms in total. The van der Waals surface area contributed by atoms with Crippen LogP contribution in [0.2, 0.25) is 0 Å². The van der Waals surface area contributed by atoms with Crippen LogP contribution in [0.3, 0.4) is 0 Å². The molecule has 8 rings (SSSR count). The molecule has 4 fully saturated rings. The number of likely N-dealkylation sites (N-methyl/N-ethyl adjacent to an activating group) is 2. The molecule has 22 heteroatoms. The summed E-state index contributed by atoms with van der Waals surface area (Å²) in [5, 5.41) is 35.7. The number of rotatable bonds is 23. The Morgan fingerprint density at radius 1 is 0.553 bits per heavy atom. The van der Waals surface area contributed by atoms with Gasteiger partial charge in [-0.3, -0.25) is 28.8 Å². The van der Waals surface area contributed by atoms with E-state index < -0.39 is 48.3 Å². The molecule has 4 aliphatic heterocycles. The van der Waals surface area contributed by atoms with Crippen molar-refractivity contribution in [2.24, 2.45) is 0 Å². The van der Waals surface area contributed by atoms with E-state index in [4.69, 9.17) is 9.47 Å². The van der Waals surface area contributed by atoms with Gasteiger partial charge in [0.15, 0.2) is 0 Å². The van der Waals surface area contributed by atoms with Crippen LogP contribution < -0.4 is 31.9 Å². The fourth-order valence-corrected chi connectivity index (χ4v) is 10.9. The lowest BCUT2D eigenvalue weighted by Gasteiger charge is -2.36. The van der Waals surface area contributed by atoms with E-state index in [1.54, 1.807) is 59.5 Å². The van der Waals surface area contributed by atoms with E-state index in [2.05, 4.69) is 52.5 Å². The fraction of sp³-hybridized carbons (Fsp3) is 0.593. The zero-order valence-electron chi connectivity index (χ0n) is 44.3. The number of amides is 6. The van der Waals surface area contributed by atoms with Crippen molar-refractivity contribution in [3.63, 3.8) is 0 Å². The van der Waals surface area contributed by atoms with E-state index in [0.717, 1.165) is 49.7 Å². The van der Waals surface area contributed by atoms with Gasteiger partial charge in [-0.25, -0.2) is 9.36 Å². The third kappa shape index (κ3) is 13.9. The van der Waals surface area contributed by atoms with Gasteiger partial charge in [0.1, 0.15) is 35.6 Å². The lowest BCUT2D eigenvalue weighted by Crippen LogP contribution is -2.58. The standard InChI is InChI=1S/C54H76N14O8/c1-35(55-3)49(69)57-41-21-13-11-19-39-23-25-45(67(39)53(41)73)51(71)59-47(37-15-7-5-8-16-37)43-33-65(63-61-43)27-29-75-31-32-76-30-28-66-34-44(62-64-66)48(38-17-9-6-10-18-38)60-52(72)46-26-24-40-20-12-14-22-42(54(74)68(40)46)58-50(70)36(2)56-4/h5-10,15-18,33-36,39-42,45-48,55-56H,11-14,19-32H2,1-4H3,(H,57,69)(H,58,70)(H,59,71)(H,60,72)/t35-,36-,39-,40-,41-,42-,45-,46-,47-,48+/m0/s1. The normalized spacial score (nSPS) is 23.4. The molecule has 0 radical (unpaired) electrons. The van der Waals surface area contributed by atoms with Crippen molar-refractivity contribution in [2.75, 3.05) is 40.5 Å². The molecule has 4 aromatic rings. The summed E-state index contributed by atoms with van der Waals surface area (Å²) >= 11 is 0. The first-order chi connectivity index (χ1) is 36.9. The number of nitrogens with zero attached hydrogens (tertiary/aromatic N) is 8. The maximum absolute atomic E-state index is 14.2. The van der Waals surface area contributed by atoms with Crippen LogP contribution in [0.25, 0.3) is 0 Å². The molecule has 0 aliphatic carbocycles. The highest BCUT2D eigenvalue weighted by Gasteiger charge is 2.46. The van der Waals surface area contributed by atoms with Gasteiger partial charge < -0.3 is 51.2 Å². The van der Waals surface area contributed by atoms with Gasteiger partial charge in [0.25, 0.3) is 0 Å². The zero-order chi connectivity index (χ0) is 53.6. The van der Waals surface area contributed by atoms with Crippen molar-refractivity contribution in [3.05, 3.63) is 95.6 Å². The van der Waals surface area contributed by atoms with Gasteiger partial charge in [-0.2, -0.15) is 0 Å². The topological polar surface area (TPSA) is 261 Å². The number of fused-ring (bicyclic) bond motifs is 2. The molecule has 6 N–H and O–H groups in total. The molecule has 0 unspecified atom stereocenters. The molecule has 4 saturated heterocycles. The largest absolute Gasteiger partial charge is 0.377 e. The number of hydrogen-bond donors (Lipinski definition) is 6. The molecule has 6 amide bonds. The second kappa shape index (κ2) is 26.9. The van der Waals surface area contributed by atoms with Crippen molar-refractivity contribution < 1.29 is 38.2 Å². The maximum atomic E-state index is 14.2. The molecular weight excluding hydrogens is 973 g/mol. The highest BCUT2D eigenvalue weighted by molar-refractivity contribution is 5.95. The number of carbonyl (C=O) groups is 6. The van der Waals surface area contributed by atoms with E-state index in [0.29, 0.717) is 89.4 Å². The molecule has 410 valence electrons. The molecular formula is C54H76N14O8. The van der Waals surface area contributed by atoms with Gasteiger partial charge in [-0.15, -0.1) is 10.2 Å². The summed E-state index contributed by atoms with van der Waals surface area (Å²) in [6.07, 6.45) is 12.2. The Labute approximate surface area is 444 Å². The van der Waals surface area contributed by atoms with Crippen molar-refractivity contribution in [1.82, 2.24) is 71.7 Å². The summed E-state index contributed by atoms with van der Waals surface area (Å²) in [4.78, 5) is 85.7. The Morgan fingerprint density at radius 3 is 1.34 bits per heavy atom. The van der Waals surface area contributed by atoms with E-state index >= 15 is 0 Å². The van der Waals surface area contributed by atoms with Gasteiger partial charge >= 0.3 is 0 Å². The predicted molar refractivity (Wildman–Crippen MR) is 280 cm³/mol. The molecule has 0 saturated carbocycles. The van der Waals surface area contributed by atoms with E-state index in [1.165, 1.54) is 0 Å². The van der Waals surface area contributed by atoms with Gasteiger partial charge in [0.2, 0.25) is 35.4 Å². The summed E-state index contributed by atoms with van der Waals surface area (Å²) in [5.74, 6) is -1.48. The summed E-state index contributed by atoms with van der Waals surface area (Å²) in [6, 6.07) is 14.0. The quantitative estimate of drug-likeness (QED) is 0.0582. The first-order valence-electron chi connectivity index (χ1n) is 27.2. The van der Waals surface area contributed by atoms with Gasteiger partial charge in [-0.05, 0) is 90.4 Å². The monoisotopic (exact) mass is 1050 g/mol. The van der Waals surface area contributed by atoms with Crippen LogP contribution in [0.5, 0.6) is 0 Å². The van der Waals surface area contributed by atoms with Crippen LogP contribution in [-0.2, 0) is 51.3 Å². The lowest BCUT2D eigenvalue weighted by atomic mass is 9.98. The summed E-state index contributed by atoms with van der Waals surface area (Å²) < 4.78 is 15.1. The molecule has 76 heavy (non-hydrogen) atoms. The van der Waals surface area contributed by atoms with Crippen LogP contribution >= 0.6 is 0 Å². The zero-order valence-corrected chi connectivity index (χ0v) is 44.3. The molecule has 0 spiro atoms. The van der Waals surface area contributed by atoms with Gasteiger partial charge in [0.05, 0.1) is 76.1 Å². The Bertz CT molecular complexity index is 2390. The lowest BCUT2D eigenvalue weighted by molar-refractivity contribution is -0.144. The SMILES string of the molecule is CN[C@@H](C)C(=O)N[C@H]1CCCC[C@H]2CC[C@@H](C(=O)N[C@H](c3ccccc3)c3cn(CCOCCOCCn4cc([C@@H](NC(=O)[C@@H]5CC[C@@H]6CCCC[C@H](NC(=O)[C@H](C)NC)C(=O)N65)c5ccccc5)nn4)nn3)N2C1=O. The van der Waals surface area contributed by atoms with Gasteiger partial charge in [0, 0.05) is 12.1 Å². The summed E-state index contributed by atoms with van der Waals surface area (Å²) in [7, 11) is 3.40. The van der Waals surface area contributed by atoms with Crippen molar-refractivity contribution in [3.8, 4) is 0 Å². The van der Waals surface area contributed by atoms with Gasteiger partial charge in [-0.1, -0.05) is 96.8 Å². The molecule has 6 heterocycles. The first kappa shape index (κ1) is 55.6. The smallest absolute Gasteiger partial charge is 0.246 e. The number of aromatic nitrogens is 6. The fourth-order valence-electron chi connectivity index (χ4n) is 10.9. The number of ether oxygens (including phenoxy) is 2. The third-order valence-electron chi connectivity index (χ3n) is 15.4. The third-order valence-corrected chi connectivity index (χ3v) is 15.4. The van der Waals surface area contributed by atoms with Crippen molar-refractivity contribution in [1.29, 1.82) is 0 Å². The minimum Gasteiger partial charge on any atom is -0.377 e. The van der Waals surface area contributed by atoms with Crippen molar-refractivity contribution in [2.45, 2.75) is 164 Å². The van der Waals surface area contributed by atoms with E-state index in [-0.39, 0.29) is 47.5 Å². The van der Waals surface area contributed by atoms with Crippen LogP contribution in [0.4, 0.5) is 0 Å². The highest BCUT2D eigenvalue weighted by atomic mass is 16.5. The second-order valence-electron chi connectivity index (χ2n) is 20.4. The van der Waals surface area contributed by atoms with E-state index in [1.807, 2.05) is 60.7 Å². The second-order valence-corrected chi connectivity index (χ2v) is 20.4. The predicted octanol–water partition coefficient (Wildman–Crippen LogP) is 2.07. The van der Waals surface area contributed by atoms with Crippen LogP contribution in [0.1, 0.15) is 125 Å². The molecule has 4 aliphatic rings. The molecule has 0 bridgehead atoms. The summed E-state index contributed by atoms with van der Waals surface area (Å²) in [6.45, 7) is 5.62. The Hall–Kier alpha value is -6.62. The summed E-state index contributed by atoms with van der Waals surface area (Å²) in [5.41, 5.74) is 2.72. The van der Waals surface area contributed by atoms with Crippen LogP contribution in [0.15, 0.2) is 73.1 Å². The Morgan fingerprint density at radius 2 is 0.947 bits per heavy atom. The molecule has 10 atom stereocenters. The number of hydrogen-bond acceptors (Lipinski definition) is 14. The van der Waals surface area contributed by atoms with Crippen molar-refractivity contribution >= 4 is 35.4 Å². The minimum absolute atomic E-state index is 0.0726. The number of nitrogens with one attached hydrogen (secondary N) is 6. The number of benzene rings is 2. The van der Waals surface area contributed by atoms with E-state index in [9.17, 15) is 28.8 Å². The first-order valence-corrected chi connectivity index (χ1v) is 27.2. The molecule has 2 aromatic carbocycles. The maximum Gasteiger partial charge on any atom is 0.246 e. The Kier molecular flexibility index (Phi) is 19.7. The average molecular weight is 1050 g/mol.